The molecule has 1 amide bonds. The van der Waals surface area contributed by atoms with Crippen molar-refractivity contribution in [3.05, 3.63) is 47.7 Å². The molecule has 28 heavy (non-hydrogen) atoms. The Kier molecular flexibility index (Phi) is 5.59. The molecule has 1 aromatic heterocycles. The van der Waals surface area contributed by atoms with Crippen LogP contribution < -0.4 is 10.2 Å². The maximum Gasteiger partial charge on any atom is 0.230 e. The van der Waals surface area contributed by atoms with E-state index in [1.54, 1.807) is 20.4 Å². The number of methoxy groups -OCH3 is 2. The predicted molar refractivity (Wildman–Crippen MR) is 109 cm³/mol. The van der Waals surface area contributed by atoms with Gasteiger partial charge in [-0.3, -0.25) is 4.79 Å². The molecule has 0 radical (unpaired) electrons. The number of fused-ring (bicyclic) bond motifs is 2. The van der Waals surface area contributed by atoms with Gasteiger partial charge in [-0.05, 0) is 49.4 Å². The van der Waals surface area contributed by atoms with Gasteiger partial charge >= 0.3 is 0 Å². The topological polar surface area (TPSA) is 63.7 Å². The first kappa shape index (κ1) is 18.9. The minimum Gasteiger partial charge on any atom is -0.381 e. The number of hydrogen-bond donors (Lipinski definition) is 1. The minimum absolute atomic E-state index is 0.0311. The molecule has 1 fully saturated rings. The number of nitrogens with zero attached hydrogens (tertiary/aromatic N) is 2. The summed E-state index contributed by atoms with van der Waals surface area (Å²) in [5.41, 5.74) is 3.86. The van der Waals surface area contributed by atoms with Gasteiger partial charge in [0.1, 0.15) is 5.82 Å². The van der Waals surface area contributed by atoms with Gasteiger partial charge in [0, 0.05) is 31.9 Å². The molecule has 0 unspecified atom stereocenters. The van der Waals surface area contributed by atoms with Crippen molar-refractivity contribution in [3.8, 4) is 0 Å². The van der Waals surface area contributed by atoms with Crippen molar-refractivity contribution in [2.75, 3.05) is 24.4 Å². The standard InChI is InChI=1S/C22H27N3O3/c1-27-14-15-5-10-19-20(12-15)25(13-17-4-3-11-23-21(17)24-19)22(26)16-6-8-18(28-2)9-7-16/h3-5,10-12,16,18H,6-9,13-14H2,1-2H3,(H,23,24)/t16-,18-. The van der Waals surface area contributed by atoms with Gasteiger partial charge in [-0.25, -0.2) is 4.98 Å². The Morgan fingerprint density at radius 2 is 2.04 bits per heavy atom. The molecule has 1 N–H and O–H groups in total. The van der Waals surface area contributed by atoms with Crippen molar-refractivity contribution >= 4 is 23.1 Å². The third kappa shape index (κ3) is 3.75. The van der Waals surface area contributed by atoms with Crippen molar-refractivity contribution in [3.63, 3.8) is 0 Å². The zero-order chi connectivity index (χ0) is 19.5. The summed E-state index contributed by atoms with van der Waals surface area (Å²) < 4.78 is 10.8. The fourth-order valence-electron chi connectivity index (χ4n) is 4.19. The highest BCUT2D eigenvalue weighted by Gasteiger charge is 2.32. The summed E-state index contributed by atoms with van der Waals surface area (Å²) in [6.45, 7) is 1.03. The number of rotatable bonds is 4. The number of anilines is 3. The molecular formula is C22H27N3O3. The third-order valence-electron chi connectivity index (χ3n) is 5.76. The van der Waals surface area contributed by atoms with Crippen LogP contribution in [0.15, 0.2) is 36.5 Å². The molecule has 6 heteroatoms. The highest BCUT2D eigenvalue weighted by molar-refractivity contribution is 5.99. The summed E-state index contributed by atoms with van der Waals surface area (Å²) in [5.74, 6) is 1.02. The SMILES string of the molecule is COCc1ccc2c(c1)N(C(=O)[C@H]1CC[C@H](OC)CC1)Cc1cccnc1N2. The lowest BCUT2D eigenvalue weighted by Crippen LogP contribution is -2.38. The number of hydrogen-bond acceptors (Lipinski definition) is 5. The van der Waals surface area contributed by atoms with Crippen molar-refractivity contribution in [2.45, 2.75) is 44.9 Å². The number of aromatic nitrogens is 1. The first-order valence-electron chi connectivity index (χ1n) is 9.86. The molecule has 1 aliphatic heterocycles. The number of amides is 1. The van der Waals surface area contributed by atoms with Crippen LogP contribution in [0.1, 0.15) is 36.8 Å². The second kappa shape index (κ2) is 8.29. The van der Waals surface area contributed by atoms with Crippen LogP contribution in [0.5, 0.6) is 0 Å². The van der Waals surface area contributed by atoms with E-state index in [0.717, 1.165) is 54.0 Å². The van der Waals surface area contributed by atoms with Crippen LogP contribution in [0.4, 0.5) is 17.2 Å². The minimum atomic E-state index is 0.0311. The molecule has 0 atom stereocenters. The van der Waals surface area contributed by atoms with E-state index in [1.165, 1.54) is 0 Å². The fourth-order valence-corrected chi connectivity index (χ4v) is 4.19. The van der Waals surface area contributed by atoms with E-state index in [2.05, 4.69) is 16.4 Å². The molecule has 4 rings (SSSR count). The predicted octanol–water partition coefficient (Wildman–Crippen LogP) is 4.02. The number of carbonyl (C=O) groups is 1. The van der Waals surface area contributed by atoms with Gasteiger partial charge in [0.15, 0.2) is 0 Å². The molecule has 148 valence electrons. The van der Waals surface area contributed by atoms with Crippen molar-refractivity contribution in [2.24, 2.45) is 5.92 Å². The molecule has 1 saturated carbocycles. The number of nitrogens with one attached hydrogen (secondary N) is 1. The molecule has 0 bridgehead atoms. The summed E-state index contributed by atoms with van der Waals surface area (Å²) in [5, 5.41) is 3.41. The van der Waals surface area contributed by atoms with Gasteiger partial charge < -0.3 is 19.7 Å². The van der Waals surface area contributed by atoms with Crippen LogP contribution in [-0.4, -0.2) is 31.2 Å². The van der Waals surface area contributed by atoms with E-state index in [9.17, 15) is 4.79 Å². The second-order valence-electron chi connectivity index (χ2n) is 7.55. The summed E-state index contributed by atoms with van der Waals surface area (Å²) in [6, 6.07) is 10.0. The molecule has 2 aliphatic rings. The largest absolute Gasteiger partial charge is 0.381 e. The number of benzene rings is 1. The van der Waals surface area contributed by atoms with Crippen molar-refractivity contribution in [1.82, 2.24) is 4.98 Å². The van der Waals surface area contributed by atoms with Crippen LogP contribution in [0.25, 0.3) is 0 Å². The Balaban J connectivity index is 1.68. The maximum absolute atomic E-state index is 13.5. The first-order chi connectivity index (χ1) is 13.7. The maximum atomic E-state index is 13.5. The zero-order valence-electron chi connectivity index (χ0n) is 16.5. The molecule has 1 aliphatic carbocycles. The average molecular weight is 381 g/mol. The number of pyridine rings is 1. The lowest BCUT2D eigenvalue weighted by Gasteiger charge is -2.32. The average Bonchev–Trinajstić information content (AvgIpc) is 2.90. The van der Waals surface area contributed by atoms with Crippen LogP contribution in [-0.2, 0) is 27.4 Å². The highest BCUT2D eigenvalue weighted by atomic mass is 16.5. The monoisotopic (exact) mass is 381 g/mol. The van der Waals surface area contributed by atoms with E-state index in [1.807, 2.05) is 29.2 Å². The molecule has 2 aromatic rings. The van der Waals surface area contributed by atoms with Crippen LogP contribution >= 0.6 is 0 Å². The lowest BCUT2D eigenvalue weighted by atomic mass is 9.86. The van der Waals surface area contributed by atoms with Gasteiger partial charge in [-0.1, -0.05) is 12.1 Å². The quantitative estimate of drug-likeness (QED) is 0.866. The Labute approximate surface area is 165 Å². The van der Waals surface area contributed by atoms with Gasteiger partial charge in [-0.15, -0.1) is 0 Å². The Bertz CT molecular complexity index is 847. The van der Waals surface area contributed by atoms with Crippen LogP contribution in [0, 0.1) is 5.92 Å². The summed E-state index contributed by atoms with van der Waals surface area (Å²) in [7, 11) is 3.44. The lowest BCUT2D eigenvalue weighted by molar-refractivity contribution is -0.124. The highest BCUT2D eigenvalue weighted by Crippen LogP contribution is 2.38. The molecule has 0 saturated heterocycles. The van der Waals surface area contributed by atoms with E-state index in [4.69, 9.17) is 9.47 Å². The zero-order valence-corrected chi connectivity index (χ0v) is 16.5. The molecule has 0 spiro atoms. The Hall–Kier alpha value is -2.44. The van der Waals surface area contributed by atoms with Gasteiger partial charge in [-0.2, -0.15) is 0 Å². The van der Waals surface area contributed by atoms with E-state index in [-0.39, 0.29) is 17.9 Å². The molecule has 6 nitrogen and oxygen atoms in total. The van der Waals surface area contributed by atoms with Crippen LogP contribution in [0.2, 0.25) is 0 Å². The summed E-state index contributed by atoms with van der Waals surface area (Å²) in [4.78, 5) is 19.9. The van der Waals surface area contributed by atoms with Crippen molar-refractivity contribution in [1.29, 1.82) is 0 Å². The second-order valence-corrected chi connectivity index (χ2v) is 7.55. The molecule has 1 aromatic carbocycles. The van der Waals surface area contributed by atoms with E-state index >= 15 is 0 Å². The summed E-state index contributed by atoms with van der Waals surface area (Å²) in [6.07, 6.45) is 5.67. The normalized spacial score (nSPS) is 21.3. The van der Waals surface area contributed by atoms with Crippen molar-refractivity contribution < 1.29 is 14.3 Å². The fraction of sp³-hybridized carbons (Fsp3) is 0.455. The van der Waals surface area contributed by atoms with Gasteiger partial charge in [0.25, 0.3) is 0 Å². The Morgan fingerprint density at radius 3 is 2.79 bits per heavy atom. The molecular weight excluding hydrogens is 354 g/mol. The molecule has 2 heterocycles. The van der Waals surface area contributed by atoms with E-state index < -0.39 is 0 Å². The third-order valence-corrected chi connectivity index (χ3v) is 5.76. The summed E-state index contributed by atoms with van der Waals surface area (Å²) >= 11 is 0. The van der Waals surface area contributed by atoms with Crippen LogP contribution in [0.3, 0.4) is 0 Å². The van der Waals surface area contributed by atoms with E-state index in [0.29, 0.717) is 13.2 Å². The Morgan fingerprint density at radius 1 is 1.21 bits per heavy atom. The van der Waals surface area contributed by atoms with Gasteiger partial charge in [0.05, 0.1) is 30.6 Å². The number of ether oxygens (including phenoxy) is 2. The smallest absolute Gasteiger partial charge is 0.230 e. The van der Waals surface area contributed by atoms with Gasteiger partial charge in [0.2, 0.25) is 5.91 Å². The number of carbonyl (C=O) groups excluding carboxylic acids is 1. The first-order valence-corrected chi connectivity index (χ1v) is 9.86.